The van der Waals surface area contributed by atoms with Crippen LogP contribution in [0.3, 0.4) is 0 Å². The summed E-state index contributed by atoms with van der Waals surface area (Å²) in [6, 6.07) is 0. The Hall–Kier alpha value is -1.87. The molecular formula is C16H19NOS. The monoisotopic (exact) mass is 273 g/mol. The average Bonchev–Trinajstić information content (AvgIpc) is 2.80. The summed E-state index contributed by atoms with van der Waals surface area (Å²) in [6.45, 7) is 13.0. The van der Waals surface area contributed by atoms with E-state index in [4.69, 9.17) is 0 Å². The molecule has 1 atom stereocenters. The topological polar surface area (TPSA) is 32.3 Å². The zero-order chi connectivity index (χ0) is 14.3. The number of thioether (sulfide) groups is 1. The molecule has 1 aliphatic rings. The lowest BCUT2D eigenvalue weighted by Gasteiger charge is -2.12. The highest BCUT2D eigenvalue weighted by Crippen LogP contribution is 2.38. The zero-order valence-electron chi connectivity index (χ0n) is 11.1. The molecule has 1 heterocycles. The Morgan fingerprint density at radius 2 is 2.05 bits per heavy atom. The van der Waals surface area contributed by atoms with Gasteiger partial charge in [0.05, 0.1) is 0 Å². The molecule has 1 fully saturated rings. The third kappa shape index (κ3) is 3.80. The van der Waals surface area contributed by atoms with E-state index in [-0.39, 0.29) is 11.1 Å². The smallest absolute Gasteiger partial charge is 0.121 e. The Labute approximate surface area is 119 Å². The van der Waals surface area contributed by atoms with E-state index in [1.165, 1.54) is 0 Å². The maximum atomic E-state index is 10.0. The summed E-state index contributed by atoms with van der Waals surface area (Å²) in [5.41, 5.74) is 1.75. The second-order valence-electron chi connectivity index (χ2n) is 3.75. The number of hydrogen-bond acceptors (Lipinski definition) is 3. The van der Waals surface area contributed by atoms with Crippen LogP contribution in [0.15, 0.2) is 84.2 Å². The number of aliphatic hydroxyl groups excluding tert-OH is 1. The normalized spacial score (nSPS) is 24.4. The van der Waals surface area contributed by atoms with Gasteiger partial charge < -0.3 is 10.4 Å². The Bertz CT molecular complexity index is 495. The summed E-state index contributed by atoms with van der Waals surface area (Å²) in [5, 5.41) is 13.3. The predicted octanol–water partition coefficient (Wildman–Crippen LogP) is 4.36. The van der Waals surface area contributed by atoms with E-state index in [2.05, 4.69) is 25.1 Å². The highest BCUT2D eigenvalue weighted by atomic mass is 32.2. The van der Waals surface area contributed by atoms with Crippen LogP contribution in [0.5, 0.6) is 0 Å². The summed E-state index contributed by atoms with van der Waals surface area (Å²) in [5.74, 6) is 0.190. The molecule has 0 aromatic carbocycles. The van der Waals surface area contributed by atoms with E-state index in [0.717, 1.165) is 16.2 Å². The second-order valence-corrected chi connectivity index (χ2v) is 4.90. The number of hydrogen-bond donors (Lipinski definition) is 2. The first-order chi connectivity index (χ1) is 9.17. The lowest BCUT2D eigenvalue weighted by Crippen LogP contribution is -2.20. The van der Waals surface area contributed by atoms with Gasteiger partial charge in [0, 0.05) is 16.2 Å². The first kappa shape index (κ1) is 15.2. The van der Waals surface area contributed by atoms with Crippen LogP contribution in [0.1, 0.15) is 6.92 Å². The van der Waals surface area contributed by atoms with Crippen molar-refractivity contribution in [3.63, 3.8) is 0 Å². The van der Waals surface area contributed by atoms with Crippen molar-refractivity contribution in [2.24, 2.45) is 0 Å². The van der Waals surface area contributed by atoms with Gasteiger partial charge >= 0.3 is 0 Å². The minimum atomic E-state index is -0.0515. The molecule has 100 valence electrons. The standard InChI is InChI=1S/C16H19NOS/c1-5-9-11-14(18)12(7-3)16-17-13(10-6-2)15(8-4)19-16/h5-11,16-18H,1-3H2,4H3/b11-9-,13-10+,14-12-,15-8+. The fraction of sp³-hybridized carbons (Fsp3) is 0.125. The molecule has 1 aliphatic heterocycles. The predicted molar refractivity (Wildman–Crippen MR) is 85.7 cm³/mol. The van der Waals surface area contributed by atoms with Gasteiger partial charge in [0.1, 0.15) is 11.1 Å². The first-order valence-electron chi connectivity index (χ1n) is 5.95. The molecule has 0 aromatic heterocycles. The van der Waals surface area contributed by atoms with E-state index in [9.17, 15) is 5.11 Å². The molecule has 1 saturated heterocycles. The highest BCUT2D eigenvalue weighted by Gasteiger charge is 2.26. The van der Waals surface area contributed by atoms with Gasteiger partial charge in [-0.05, 0) is 19.1 Å². The van der Waals surface area contributed by atoms with Crippen LogP contribution in [0.25, 0.3) is 0 Å². The van der Waals surface area contributed by atoms with Crippen molar-refractivity contribution in [1.82, 2.24) is 5.32 Å². The Morgan fingerprint density at radius 1 is 1.32 bits per heavy atom. The van der Waals surface area contributed by atoms with Gasteiger partial charge in [-0.15, -0.1) is 0 Å². The number of nitrogens with one attached hydrogen (secondary N) is 1. The number of aliphatic hydroxyl groups is 1. The number of allylic oxidation sites excluding steroid dienone is 6. The quantitative estimate of drug-likeness (QED) is 0.576. The molecule has 0 spiro atoms. The van der Waals surface area contributed by atoms with Crippen LogP contribution >= 0.6 is 11.8 Å². The molecule has 0 amide bonds. The van der Waals surface area contributed by atoms with Gasteiger partial charge in [-0.25, -0.2) is 0 Å². The second kappa shape index (κ2) is 7.54. The van der Waals surface area contributed by atoms with Crippen molar-refractivity contribution in [3.8, 4) is 0 Å². The number of rotatable bonds is 5. The zero-order valence-corrected chi connectivity index (χ0v) is 11.9. The van der Waals surface area contributed by atoms with E-state index >= 15 is 0 Å². The molecule has 0 radical (unpaired) electrons. The third-order valence-corrected chi connectivity index (χ3v) is 3.85. The van der Waals surface area contributed by atoms with E-state index < -0.39 is 0 Å². The van der Waals surface area contributed by atoms with Gasteiger partial charge in [-0.3, -0.25) is 0 Å². The molecule has 19 heavy (non-hydrogen) atoms. The lowest BCUT2D eigenvalue weighted by atomic mass is 10.2. The molecule has 3 heteroatoms. The molecular weight excluding hydrogens is 254 g/mol. The molecule has 0 saturated carbocycles. The van der Waals surface area contributed by atoms with Crippen molar-refractivity contribution >= 4 is 11.8 Å². The van der Waals surface area contributed by atoms with Gasteiger partial charge in [-0.1, -0.05) is 61.9 Å². The molecule has 0 bridgehead atoms. The summed E-state index contributed by atoms with van der Waals surface area (Å²) >= 11 is 1.64. The van der Waals surface area contributed by atoms with E-state index in [0.29, 0.717) is 0 Å². The van der Waals surface area contributed by atoms with Gasteiger partial charge in [0.25, 0.3) is 0 Å². The molecule has 2 nitrogen and oxygen atoms in total. The van der Waals surface area contributed by atoms with E-state index in [1.807, 2.05) is 19.1 Å². The van der Waals surface area contributed by atoms with E-state index in [1.54, 1.807) is 42.1 Å². The van der Waals surface area contributed by atoms with Gasteiger partial charge in [-0.2, -0.15) is 0 Å². The van der Waals surface area contributed by atoms with Crippen LogP contribution in [-0.4, -0.2) is 10.5 Å². The van der Waals surface area contributed by atoms with Gasteiger partial charge in [0.15, 0.2) is 0 Å². The summed E-state index contributed by atoms with van der Waals surface area (Å²) in [4.78, 5) is 1.13. The summed E-state index contributed by atoms with van der Waals surface area (Å²) in [7, 11) is 0. The largest absolute Gasteiger partial charge is 0.508 e. The Morgan fingerprint density at radius 3 is 2.58 bits per heavy atom. The Kier molecular flexibility index (Phi) is 6.03. The highest BCUT2D eigenvalue weighted by molar-refractivity contribution is 8.04. The molecule has 1 rings (SSSR count). The molecule has 1 unspecified atom stereocenters. The SMILES string of the molecule is C=C/C=C\C(O)=C(/C=C)C1NC(=C/C=C)/C(=C\C)S1. The average molecular weight is 273 g/mol. The van der Waals surface area contributed by atoms with Gasteiger partial charge in [0.2, 0.25) is 0 Å². The van der Waals surface area contributed by atoms with Crippen molar-refractivity contribution in [2.75, 3.05) is 0 Å². The van der Waals surface area contributed by atoms with Crippen molar-refractivity contribution in [2.45, 2.75) is 12.3 Å². The Balaban J connectivity index is 3.07. The minimum absolute atomic E-state index is 0.0515. The van der Waals surface area contributed by atoms with Crippen molar-refractivity contribution < 1.29 is 5.11 Å². The minimum Gasteiger partial charge on any atom is -0.508 e. The third-order valence-electron chi connectivity index (χ3n) is 2.53. The lowest BCUT2D eigenvalue weighted by molar-refractivity contribution is 0.425. The molecule has 2 N–H and O–H groups in total. The van der Waals surface area contributed by atoms with Crippen LogP contribution in [-0.2, 0) is 0 Å². The summed E-state index contributed by atoms with van der Waals surface area (Å²) in [6.07, 6.45) is 12.3. The van der Waals surface area contributed by atoms with Crippen LogP contribution < -0.4 is 5.32 Å². The fourth-order valence-electron chi connectivity index (χ4n) is 1.65. The van der Waals surface area contributed by atoms with Crippen molar-refractivity contribution in [3.05, 3.63) is 84.2 Å². The maximum Gasteiger partial charge on any atom is 0.121 e. The summed E-state index contributed by atoms with van der Waals surface area (Å²) < 4.78 is 0. The van der Waals surface area contributed by atoms with Crippen molar-refractivity contribution in [1.29, 1.82) is 0 Å². The van der Waals surface area contributed by atoms with Crippen LogP contribution in [0, 0.1) is 0 Å². The molecule has 0 aliphatic carbocycles. The fourth-order valence-corrected chi connectivity index (χ4v) is 2.82. The van der Waals surface area contributed by atoms with Crippen LogP contribution in [0.2, 0.25) is 0 Å². The maximum absolute atomic E-state index is 10.0. The van der Waals surface area contributed by atoms with Crippen LogP contribution in [0.4, 0.5) is 0 Å². The molecule has 0 aromatic rings. The first-order valence-corrected chi connectivity index (χ1v) is 6.83.